The van der Waals surface area contributed by atoms with Crippen molar-refractivity contribution in [2.75, 3.05) is 11.9 Å². The third-order valence-electron chi connectivity index (χ3n) is 4.68. The van der Waals surface area contributed by atoms with Crippen molar-refractivity contribution >= 4 is 31.2 Å². The van der Waals surface area contributed by atoms with Crippen molar-refractivity contribution in [3.8, 4) is 0 Å². The molecule has 3 rings (SSSR count). The van der Waals surface area contributed by atoms with Crippen LogP contribution in [0.25, 0.3) is 11.0 Å². The molecule has 2 aromatic heterocycles. The first kappa shape index (κ1) is 18.9. The summed E-state index contributed by atoms with van der Waals surface area (Å²) in [5.74, 6) is 0.538. The van der Waals surface area contributed by atoms with E-state index in [1.165, 1.54) is 6.33 Å². The lowest BCUT2D eigenvalue weighted by Crippen LogP contribution is -2.28. The lowest BCUT2D eigenvalue weighted by molar-refractivity contribution is 0.0808. The molecule has 0 spiro atoms. The fourth-order valence-electron chi connectivity index (χ4n) is 3.13. The van der Waals surface area contributed by atoms with Crippen LogP contribution in [0.1, 0.15) is 29.8 Å². The Morgan fingerprint density at radius 3 is 2.85 bits per heavy atom. The van der Waals surface area contributed by atoms with Crippen LogP contribution >= 0.6 is 0 Å². The van der Waals surface area contributed by atoms with Crippen LogP contribution in [0, 0.1) is 0 Å². The second-order valence-electron chi connectivity index (χ2n) is 8.02. The number of aliphatic hydroxyl groups excluding tert-OH is 1. The standard InChI is InChI=1S/C17H27N5O3Si/c1-26(2,3)8-7-25-11-22-17-15(13(9-23)21-22)16(18-10-19-17)20-12-5-4-6-14(12)24/h9-10,12,14,24H,4-8,11H2,1-3H3,(H,18,19,20)/t12-,14-/m1/s1. The lowest BCUT2D eigenvalue weighted by Gasteiger charge is -2.17. The number of rotatable bonds is 8. The number of ether oxygens (including phenoxy) is 1. The maximum Gasteiger partial charge on any atom is 0.171 e. The van der Waals surface area contributed by atoms with Gasteiger partial charge in [-0.05, 0) is 25.3 Å². The number of fused-ring (bicyclic) bond motifs is 1. The molecule has 1 aliphatic carbocycles. The Morgan fingerprint density at radius 2 is 2.19 bits per heavy atom. The molecule has 142 valence electrons. The average Bonchev–Trinajstić information content (AvgIpc) is 3.15. The Morgan fingerprint density at radius 1 is 1.38 bits per heavy atom. The zero-order chi connectivity index (χ0) is 18.7. The number of carbonyl (C=O) groups excluding carboxylic acids is 1. The van der Waals surface area contributed by atoms with Crippen molar-refractivity contribution in [2.45, 2.75) is 63.8 Å². The highest BCUT2D eigenvalue weighted by molar-refractivity contribution is 6.76. The molecule has 0 bridgehead atoms. The Kier molecular flexibility index (Phi) is 5.69. The van der Waals surface area contributed by atoms with E-state index in [0.717, 1.165) is 25.3 Å². The molecule has 9 heteroatoms. The second kappa shape index (κ2) is 7.81. The number of nitrogens with zero attached hydrogens (tertiary/aromatic N) is 4. The smallest absolute Gasteiger partial charge is 0.171 e. The number of carbonyl (C=O) groups is 1. The summed E-state index contributed by atoms with van der Waals surface area (Å²) >= 11 is 0. The molecular formula is C17H27N5O3Si. The zero-order valence-corrected chi connectivity index (χ0v) is 16.6. The predicted octanol–water partition coefficient (Wildman–Crippen LogP) is 2.28. The number of nitrogens with one attached hydrogen (secondary N) is 1. The van der Waals surface area contributed by atoms with Gasteiger partial charge in [-0.3, -0.25) is 4.79 Å². The van der Waals surface area contributed by atoms with Crippen molar-refractivity contribution in [1.82, 2.24) is 19.7 Å². The molecule has 0 amide bonds. The number of anilines is 1. The Labute approximate surface area is 154 Å². The van der Waals surface area contributed by atoms with Gasteiger partial charge in [0, 0.05) is 14.7 Å². The van der Waals surface area contributed by atoms with Crippen LogP contribution in [0.15, 0.2) is 6.33 Å². The molecule has 8 nitrogen and oxygen atoms in total. The van der Waals surface area contributed by atoms with Gasteiger partial charge < -0.3 is 15.2 Å². The van der Waals surface area contributed by atoms with Gasteiger partial charge in [0.15, 0.2) is 11.9 Å². The van der Waals surface area contributed by atoms with Gasteiger partial charge in [0.05, 0.1) is 17.5 Å². The molecule has 1 aliphatic rings. The maximum absolute atomic E-state index is 11.5. The minimum atomic E-state index is -1.16. The predicted molar refractivity (Wildman–Crippen MR) is 102 cm³/mol. The van der Waals surface area contributed by atoms with E-state index in [2.05, 4.69) is 40.0 Å². The fraction of sp³-hybridized carbons (Fsp3) is 0.647. The molecule has 26 heavy (non-hydrogen) atoms. The molecule has 2 N–H and O–H groups in total. The molecule has 0 radical (unpaired) electrons. The highest BCUT2D eigenvalue weighted by Gasteiger charge is 2.27. The topological polar surface area (TPSA) is 102 Å². The Bertz CT molecular complexity index is 774. The lowest BCUT2D eigenvalue weighted by atomic mass is 10.2. The molecule has 0 unspecified atom stereocenters. The van der Waals surface area contributed by atoms with Crippen LogP contribution in [-0.4, -0.2) is 58.0 Å². The van der Waals surface area contributed by atoms with Gasteiger partial charge >= 0.3 is 0 Å². The van der Waals surface area contributed by atoms with E-state index in [9.17, 15) is 9.90 Å². The molecule has 0 saturated heterocycles. The summed E-state index contributed by atoms with van der Waals surface area (Å²) in [5.41, 5.74) is 0.842. The van der Waals surface area contributed by atoms with E-state index in [0.29, 0.717) is 29.7 Å². The largest absolute Gasteiger partial charge is 0.391 e. The fourth-order valence-corrected chi connectivity index (χ4v) is 3.89. The van der Waals surface area contributed by atoms with E-state index in [1.807, 2.05) is 0 Å². The van der Waals surface area contributed by atoms with Crippen molar-refractivity contribution < 1.29 is 14.6 Å². The summed E-state index contributed by atoms with van der Waals surface area (Å²) in [6, 6.07) is 0.998. The first-order chi connectivity index (χ1) is 12.4. The van der Waals surface area contributed by atoms with Crippen LogP contribution in [0.2, 0.25) is 25.7 Å². The normalized spacial score (nSPS) is 20.6. The number of aromatic nitrogens is 4. The van der Waals surface area contributed by atoms with Crippen molar-refractivity contribution in [3.63, 3.8) is 0 Å². The first-order valence-corrected chi connectivity index (χ1v) is 12.8. The van der Waals surface area contributed by atoms with Crippen LogP contribution < -0.4 is 5.32 Å². The molecule has 0 aromatic carbocycles. The highest BCUT2D eigenvalue weighted by atomic mass is 28.3. The van der Waals surface area contributed by atoms with E-state index >= 15 is 0 Å². The van der Waals surface area contributed by atoms with Gasteiger partial charge in [0.25, 0.3) is 0 Å². The van der Waals surface area contributed by atoms with Gasteiger partial charge in [-0.2, -0.15) is 5.10 Å². The van der Waals surface area contributed by atoms with Crippen LogP contribution in [0.4, 0.5) is 5.82 Å². The van der Waals surface area contributed by atoms with Crippen LogP contribution in [-0.2, 0) is 11.5 Å². The van der Waals surface area contributed by atoms with Gasteiger partial charge in [-0.1, -0.05) is 19.6 Å². The van der Waals surface area contributed by atoms with Crippen molar-refractivity contribution in [1.29, 1.82) is 0 Å². The minimum Gasteiger partial charge on any atom is -0.391 e. The van der Waals surface area contributed by atoms with Crippen molar-refractivity contribution in [2.24, 2.45) is 0 Å². The zero-order valence-electron chi connectivity index (χ0n) is 15.6. The van der Waals surface area contributed by atoms with E-state index in [-0.39, 0.29) is 18.5 Å². The van der Waals surface area contributed by atoms with Crippen LogP contribution in [0.3, 0.4) is 0 Å². The monoisotopic (exact) mass is 377 g/mol. The summed E-state index contributed by atoms with van der Waals surface area (Å²) in [6.45, 7) is 7.81. The molecule has 2 aromatic rings. The highest BCUT2D eigenvalue weighted by Crippen LogP contribution is 2.27. The molecular weight excluding hydrogens is 350 g/mol. The molecule has 2 atom stereocenters. The Balaban J connectivity index is 1.80. The quantitative estimate of drug-likeness (QED) is 0.413. The number of aliphatic hydroxyl groups is 1. The number of hydrogen-bond acceptors (Lipinski definition) is 7. The molecule has 1 saturated carbocycles. The van der Waals surface area contributed by atoms with Crippen molar-refractivity contribution in [3.05, 3.63) is 12.0 Å². The summed E-state index contributed by atoms with van der Waals surface area (Å²) in [6.07, 6.45) is 4.37. The van der Waals surface area contributed by atoms with Crippen LogP contribution in [0.5, 0.6) is 0 Å². The van der Waals surface area contributed by atoms with Gasteiger partial charge in [0.1, 0.15) is 24.6 Å². The van der Waals surface area contributed by atoms with E-state index < -0.39 is 14.2 Å². The summed E-state index contributed by atoms with van der Waals surface area (Å²) < 4.78 is 7.35. The number of hydrogen-bond donors (Lipinski definition) is 2. The summed E-state index contributed by atoms with van der Waals surface area (Å²) in [4.78, 5) is 20.1. The molecule has 1 fully saturated rings. The SMILES string of the molecule is C[Si](C)(C)CCOCn1nc(C=O)c2c(N[C@@H]3CCC[C@H]3O)ncnc21. The second-order valence-corrected chi connectivity index (χ2v) is 13.6. The van der Waals surface area contributed by atoms with E-state index in [4.69, 9.17) is 4.74 Å². The average molecular weight is 378 g/mol. The maximum atomic E-state index is 11.5. The minimum absolute atomic E-state index is 0.0658. The van der Waals surface area contributed by atoms with Gasteiger partial charge in [-0.15, -0.1) is 0 Å². The van der Waals surface area contributed by atoms with Gasteiger partial charge in [-0.25, -0.2) is 14.6 Å². The summed E-state index contributed by atoms with van der Waals surface area (Å²) in [5, 5.41) is 18.2. The van der Waals surface area contributed by atoms with Gasteiger partial charge in [0.2, 0.25) is 0 Å². The van der Waals surface area contributed by atoms with E-state index in [1.54, 1.807) is 4.68 Å². The third-order valence-corrected chi connectivity index (χ3v) is 6.38. The number of aldehydes is 1. The third kappa shape index (κ3) is 4.28. The molecule has 0 aliphatic heterocycles. The summed E-state index contributed by atoms with van der Waals surface area (Å²) in [7, 11) is -1.16. The molecule has 2 heterocycles. The first-order valence-electron chi connectivity index (χ1n) is 9.08. The Hall–Kier alpha value is -1.84.